The number of carbonyl (C=O) groups excluding carboxylic acids is 2. The summed E-state index contributed by atoms with van der Waals surface area (Å²) >= 11 is 0. The molecule has 1 N–H and O–H groups in total. The minimum Gasteiger partial charge on any atom is -0.466 e. The van der Waals surface area contributed by atoms with Crippen LogP contribution in [0.1, 0.15) is 36.2 Å². The van der Waals surface area contributed by atoms with Crippen LogP contribution in [0.4, 0.5) is 0 Å². The van der Waals surface area contributed by atoms with Gasteiger partial charge in [0.2, 0.25) is 5.88 Å². The van der Waals surface area contributed by atoms with Crippen molar-refractivity contribution in [3.63, 3.8) is 0 Å². The number of esters is 1. The van der Waals surface area contributed by atoms with Gasteiger partial charge in [-0.1, -0.05) is 30.3 Å². The Balaban J connectivity index is 1.72. The normalized spacial score (nSPS) is 11.9. The number of aryl methyl sites for hydroxylation is 3. The van der Waals surface area contributed by atoms with Gasteiger partial charge in [0.05, 0.1) is 24.5 Å². The fourth-order valence-electron chi connectivity index (χ4n) is 3.34. The average Bonchev–Trinajstić information content (AvgIpc) is 3.02. The molecule has 30 heavy (non-hydrogen) atoms. The average molecular weight is 410 g/mol. The van der Waals surface area contributed by atoms with Gasteiger partial charge >= 0.3 is 5.97 Å². The SMILES string of the molecule is CCOC(=O)CC(NC(=O)COc1nn(C)c2nc(C)cc(C)c12)c1ccccc1. The first-order valence-electron chi connectivity index (χ1n) is 9.82. The first-order chi connectivity index (χ1) is 14.4. The molecule has 0 bridgehead atoms. The van der Waals surface area contributed by atoms with Crippen molar-refractivity contribution in [1.29, 1.82) is 0 Å². The second-order valence-corrected chi connectivity index (χ2v) is 7.04. The molecule has 8 nitrogen and oxygen atoms in total. The highest BCUT2D eigenvalue weighted by molar-refractivity contribution is 5.86. The van der Waals surface area contributed by atoms with Crippen LogP contribution in [0.3, 0.4) is 0 Å². The lowest BCUT2D eigenvalue weighted by molar-refractivity contribution is -0.143. The zero-order valence-electron chi connectivity index (χ0n) is 17.6. The number of hydrogen-bond donors (Lipinski definition) is 1. The van der Waals surface area contributed by atoms with Crippen LogP contribution < -0.4 is 10.1 Å². The van der Waals surface area contributed by atoms with Crippen molar-refractivity contribution in [3.8, 4) is 5.88 Å². The third-order valence-electron chi connectivity index (χ3n) is 4.64. The molecule has 8 heteroatoms. The number of benzene rings is 1. The van der Waals surface area contributed by atoms with Gasteiger partial charge < -0.3 is 14.8 Å². The van der Waals surface area contributed by atoms with Gasteiger partial charge in [-0.05, 0) is 38.0 Å². The molecule has 0 saturated heterocycles. The molecule has 2 aromatic heterocycles. The summed E-state index contributed by atoms with van der Waals surface area (Å²) in [4.78, 5) is 29.1. The fraction of sp³-hybridized carbons (Fsp3) is 0.364. The maximum atomic E-state index is 12.6. The molecule has 3 rings (SSSR count). The lowest BCUT2D eigenvalue weighted by Crippen LogP contribution is -2.34. The highest BCUT2D eigenvalue weighted by Gasteiger charge is 2.21. The van der Waals surface area contributed by atoms with E-state index in [2.05, 4.69) is 15.4 Å². The molecule has 0 aliphatic heterocycles. The third-order valence-corrected chi connectivity index (χ3v) is 4.64. The van der Waals surface area contributed by atoms with Crippen LogP contribution in [0.2, 0.25) is 0 Å². The molecule has 3 aromatic rings. The lowest BCUT2D eigenvalue weighted by atomic mass is 10.0. The second-order valence-electron chi connectivity index (χ2n) is 7.04. The first-order valence-corrected chi connectivity index (χ1v) is 9.82. The summed E-state index contributed by atoms with van der Waals surface area (Å²) in [5.74, 6) is -0.376. The molecular weight excluding hydrogens is 384 g/mol. The summed E-state index contributed by atoms with van der Waals surface area (Å²) in [5.41, 5.74) is 3.38. The largest absolute Gasteiger partial charge is 0.466 e. The first kappa shape index (κ1) is 21.3. The smallest absolute Gasteiger partial charge is 0.308 e. The molecule has 158 valence electrons. The van der Waals surface area contributed by atoms with Crippen molar-refractivity contribution in [2.75, 3.05) is 13.2 Å². The quantitative estimate of drug-likeness (QED) is 0.574. The maximum Gasteiger partial charge on any atom is 0.308 e. The topological polar surface area (TPSA) is 95.3 Å². The summed E-state index contributed by atoms with van der Waals surface area (Å²) in [5, 5.41) is 7.99. The molecule has 0 spiro atoms. The van der Waals surface area contributed by atoms with Gasteiger partial charge in [0.15, 0.2) is 12.3 Å². The van der Waals surface area contributed by atoms with Crippen molar-refractivity contribution < 1.29 is 19.1 Å². The summed E-state index contributed by atoms with van der Waals surface area (Å²) < 4.78 is 12.4. The van der Waals surface area contributed by atoms with Crippen LogP contribution in [0.5, 0.6) is 5.88 Å². The van der Waals surface area contributed by atoms with Gasteiger partial charge in [-0.25, -0.2) is 9.67 Å². The Kier molecular flexibility index (Phi) is 6.66. The fourth-order valence-corrected chi connectivity index (χ4v) is 3.34. The zero-order valence-corrected chi connectivity index (χ0v) is 17.6. The summed E-state index contributed by atoms with van der Waals surface area (Å²) in [7, 11) is 1.78. The third kappa shape index (κ3) is 4.94. The lowest BCUT2D eigenvalue weighted by Gasteiger charge is -2.18. The number of aromatic nitrogens is 3. The highest BCUT2D eigenvalue weighted by Crippen LogP contribution is 2.27. The van der Waals surface area contributed by atoms with Crippen LogP contribution in [-0.2, 0) is 21.4 Å². The van der Waals surface area contributed by atoms with E-state index in [0.29, 0.717) is 11.5 Å². The Morgan fingerprint density at radius 2 is 1.93 bits per heavy atom. The van der Waals surface area contributed by atoms with Crippen molar-refractivity contribution in [2.24, 2.45) is 7.05 Å². The van der Waals surface area contributed by atoms with Gasteiger partial charge in [-0.15, -0.1) is 5.10 Å². The van der Waals surface area contributed by atoms with Gasteiger partial charge in [0.1, 0.15) is 0 Å². The van der Waals surface area contributed by atoms with E-state index in [1.807, 2.05) is 50.2 Å². The number of hydrogen-bond acceptors (Lipinski definition) is 6. The van der Waals surface area contributed by atoms with Crippen LogP contribution in [0.25, 0.3) is 11.0 Å². The molecule has 0 aliphatic rings. The summed E-state index contributed by atoms with van der Waals surface area (Å²) in [6.45, 7) is 5.68. The van der Waals surface area contributed by atoms with Gasteiger partial charge in [-0.2, -0.15) is 0 Å². The number of nitrogens with one attached hydrogen (secondary N) is 1. The Bertz CT molecular complexity index is 1050. The van der Waals surface area contributed by atoms with E-state index in [4.69, 9.17) is 9.47 Å². The Morgan fingerprint density at radius 3 is 2.63 bits per heavy atom. The van der Waals surface area contributed by atoms with Crippen molar-refractivity contribution in [2.45, 2.75) is 33.2 Å². The van der Waals surface area contributed by atoms with Crippen LogP contribution in [-0.4, -0.2) is 39.9 Å². The van der Waals surface area contributed by atoms with Gasteiger partial charge in [0, 0.05) is 12.7 Å². The molecule has 1 atom stereocenters. The monoisotopic (exact) mass is 410 g/mol. The van der Waals surface area contributed by atoms with E-state index in [-0.39, 0.29) is 31.5 Å². The van der Waals surface area contributed by atoms with E-state index in [1.54, 1.807) is 18.7 Å². The molecule has 1 unspecified atom stereocenters. The van der Waals surface area contributed by atoms with Crippen molar-refractivity contribution in [1.82, 2.24) is 20.1 Å². The van der Waals surface area contributed by atoms with E-state index < -0.39 is 6.04 Å². The predicted octanol–water partition coefficient (Wildman–Crippen LogP) is 2.77. The Labute approximate surface area is 175 Å². The molecule has 1 amide bonds. The number of carbonyl (C=O) groups is 2. The van der Waals surface area contributed by atoms with E-state index in [0.717, 1.165) is 22.2 Å². The zero-order chi connectivity index (χ0) is 21.7. The molecule has 0 aliphatic carbocycles. The van der Waals surface area contributed by atoms with Gasteiger partial charge in [0.25, 0.3) is 5.91 Å². The molecular formula is C22H26N4O4. The number of ether oxygens (including phenoxy) is 2. The molecule has 2 heterocycles. The number of pyridine rings is 1. The molecule has 1 aromatic carbocycles. The van der Waals surface area contributed by atoms with E-state index in [9.17, 15) is 9.59 Å². The van der Waals surface area contributed by atoms with E-state index in [1.165, 1.54) is 0 Å². The van der Waals surface area contributed by atoms with Crippen LogP contribution in [0.15, 0.2) is 36.4 Å². The molecule has 0 radical (unpaired) electrons. The number of fused-ring (bicyclic) bond motifs is 1. The Morgan fingerprint density at radius 1 is 1.20 bits per heavy atom. The maximum absolute atomic E-state index is 12.6. The number of rotatable bonds is 8. The van der Waals surface area contributed by atoms with E-state index >= 15 is 0 Å². The minimum absolute atomic E-state index is 0.0401. The highest BCUT2D eigenvalue weighted by atomic mass is 16.5. The van der Waals surface area contributed by atoms with Crippen molar-refractivity contribution in [3.05, 3.63) is 53.2 Å². The molecule has 0 fully saturated rings. The van der Waals surface area contributed by atoms with Crippen LogP contribution >= 0.6 is 0 Å². The van der Waals surface area contributed by atoms with Crippen molar-refractivity contribution >= 4 is 22.9 Å². The Hall–Kier alpha value is -3.42. The number of nitrogens with zero attached hydrogens (tertiary/aromatic N) is 3. The predicted molar refractivity (Wildman–Crippen MR) is 112 cm³/mol. The second kappa shape index (κ2) is 9.39. The minimum atomic E-state index is -0.507. The summed E-state index contributed by atoms with van der Waals surface area (Å²) in [6.07, 6.45) is 0.0401. The standard InChI is InChI=1S/C22H26N4O4/c1-5-29-19(28)12-17(16-9-7-6-8-10-16)24-18(27)13-30-22-20-14(2)11-15(3)23-21(20)26(4)25-22/h6-11,17H,5,12-13H2,1-4H3,(H,24,27). The molecule has 0 saturated carbocycles. The van der Waals surface area contributed by atoms with Crippen LogP contribution in [0, 0.1) is 13.8 Å². The summed E-state index contributed by atoms with van der Waals surface area (Å²) in [6, 6.07) is 10.7. The van der Waals surface area contributed by atoms with Gasteiger partial charge in [-0.3, -0.25) is 9.59 Å². The number of amides is 1.